The van der Waals surface area contributed by atoms with Crippen molar-refractivity contribution in [2.24, 2.45) is 5.92 Å². The molecule has 0 aliphatic rings. The number of aliphatic hydroxyl groups is 2. The molecule has 0 aliphatic carbocycles. The molecule has 34 heavy (non-hydrogen) atoms. The van der Waals surface area contributed by atoms with Gasteiger partial charge in [0.1, 0.15) is 23.3 Å². The predicted octanol–water partition coefficient (Wildman–Crippen LogP) is 3.16. The third kappa shape index (κ3) is 6.75. The quantitative estimate of drug-likeness (QED) is 0.318. The van der Waals surface area contributed by atoms with Crippen molar-refractivity contribution < 1.29 is 29.6 Å². The molecule has 10 nitrogen and oxygen atoms in total. The van der Waals surface area contributed by atoms with E-state index in [9.17, 15) is 15.0 Å². The van der Waals surface area contributed by atoms with Crippen LogP contribution in [-0.2, 0) is 11.3 Å². The molecule has 0 aliphatic heterocycles. The van der Waals surface area contributed by atoms with Gasteiger partial charge in [-0.1, -0.05) is 19.9 Å². The molecule has 2 heterocycles. The highest BCUT2D eigenvalue weighted by Crippen LogP contribution is 2.33. The van der Waals surface area contributed by atoms with Crippen LogP contribution < -0.4 is 14.8 Å². The fraction of sp³-hybridized carbons (Fsp3) is 0.417. The Balaban J connectivity index is 1.76. The molecule has 2 aromatic heterocycles. The Morgan fingerprint density at radius 3 is 2.65 bits per heavy atom. The van der Waals surface area contributed by atoms with E-state index < -0.39 is 12.1 Å². The van der Waals surface area contributed by atoms with Gasteiger partial charge >= 0.3 is 0 Å². The highest BCUT2D eigenvalue weighted by atomic mass is 16.5. The Bertz CT molecular complexity index is 1080. The number of carbonyl (C=O) groups excluding carboxylic acids is 1. The minimum absolute atomic E-state index is 0.103. The maximum absolute atomic E-state index is 13.1. The van der Waals surface area contributed by atoms with Crippen LogP contribution in [0.25, 0.3) is 0 Å². The van der Waals surface area contributed by atoms with E-state index in [1.165, 1.54) is 15.3 Å². The summed E-state index contributed by atoms with van der Waals surface area (Å²) in [6, 6.07) is 9.52. The molecule has 1 amide bonds. The number of ether oxygens (including phenoxy) is 2. The van der Waals surface area contributed by atoms with Crippen molar-refractivity contribution in [2.45, 2.75) is 45.9 Å². The van der Waals surface area contributed by atoms with E-state index in [-0.39, 0.29) is 30.9 Å². The molecule has 0 radical (unpaired) electrons. The van der Waals surface area contributed by atoms with Crippen molar-refractivity contribution in [1.82, 2.24) is 14.3 Å². The summed E-state index contributed by atoms with van der Waals surface area (Å²) in [7, 11) is 0. The first-order chi connectivity index (χ1) is 16.3. The van der Waals surface area contributed by atoms with Crippen molar-refractivity contribution in [3.63, 3.8) is 0 Å². The lowest BCUT2D eigenvalue weighted by Crippen LogP contribution is -2.27. The van der Waals surface area contributed by atoms with Crippen LogP contribution in [0, 0.1) is 5.92 Å². The predicted molar refractivity (Wildman–Crippen MR) is 126 cm³/mol. The van der Waals surface area contributed by atoms with Gasteiger partial charge in [-0.05, 0) is 31.4 Å². The SMILES string of the molecule is CCOc1cccc(Oc2cc(O)n([C@@H](CC(C)C)C(=O)Nc3ccn(C[C@@H](O)CO)n3)c2)c1. The molecule has 1 aromatic carbocycles. The van der Waals surface area contributed by atoms with Crippen LogP contribution in [0.1, 0.15) is 33.2 Å². The smallest absolute Gasteiger partial charge is 0.248 e. The fourth-order valence-electron chi connectivity index (χ4n) is 3.48. The minimum Gasteiger partial charge on any atom is -0.494 e. The van der Waals surface area contributed by atoms with Crippen molar-refractivity contribution in [3.8, 4) is 23.1 Å². The number of nitrogens with one attached hydrogen (secondary N) is 1. The summed E-state index contributed by atoms with van der Waals surface area (Å²) in [5.41, 5.74) is 0. The average molecular weight is 473 g/mol. The first-order valence-corrected chi connectivity index (χ1v) is 11.2. The van der Waals surface area contributed by atoms with E-state index in [0.717, 1.165) is 0 Å². The lowest BCUT2D eigenvalue weighted by atomic mass is 10.0. The van der Waals surface area contributed by atoms with Gasteiger partial charge in [-0.15, -0.1) is 0 Å². The normalized spacial score (nSPS) is 13.0. The summed E-state index contributed by atoms with van der Waals surface area (Å²) in [6.45, 7) is 6.13. The average Bonchev–Trinajstić information content (AvgIpc) is 3.37. The molecule has 0 fully saturated rings. The van der Waals surface area contributed by atoms with Crippen molar-refractivity contribution in [3.05, 3.63) is 48.8 Å². The van der Waals surface area contributed by atoms with Crippen LogP contribution in [0.2, 0.25) is 0 Å². The molecule has 0 unspecified atom stereocenters. The van der Waals surface area contributed by atoms with E-state index in [4.69, 9.17) is 14.6 Å². The molecule has 3 rings (SSSR count). The van der Waals surface area contributed by atoms with Crippen LogP contribution in [-0.4, -0.2) is 54.9 Å². The van der Waals surface area contributed by atoms with E-state index in [1.807, 2.05) is 32.9 Å². The number of nitrogens with zero attached hydrogens (tertiary/aromatic N) is 3. The molecule has 0 saturated carbocycles. The van der Waals surface area contributed by atoms with Gasteiger partial charge in [0.05, 0.1) is 32.1 Å². The van der Waals surface area contributed by atoms with Gasteiger partial charge in [-0.25, -0.2) is 0 Å². The van der Waals surface area contributed by atoms with Gasteiger partial charge in [0.15, 0.2) is 11.7 Å². The van der Waals surface area contributed by atoms with Gasteiger partial charge in [0.2, 0.25) is 5.91 Å². The maximum Gasteiger partial charge on any atom is 0.248 e. The van der Waals surface area contributed by atoms with E-state index in [0.29, 0.717) is 36.1 Å². The monoisotopic (exact) mass is 472 g/mol. The largest absolute Gasteiger partial charge is 0.494 e. The maximum atomic E-state index is 13.1. The third-order valence-corrected chi connectivity index (χ3v) is 4.99. The Morgan fingerprint density at radius 2 is 1.94 bits per heavy atom. The molecular weight excluding hydrogens is 440 g/mol. The number of rotatable bonds is 12. The number of hydrogen-bond donors (Lipinski definition) is 4. The number of aliphatic hydroxyl groups excluding tert-OH is 2. The lowest BCUT2D eigenvalue weighted by Gasteiger charge is -2.20. The second kappa shape index (κ2) is 11.6. The Hall–Kier alpha value is -3.50. The highest BCUT2D eigenvalue weighted by molar-refractivity contribution is 5.93. The summed E-state index contributed by atoms with van der Waals surface area (Å²) in [5, 5.41) is 36.1. The van der Waals surface area contributed by atoms with Gasteiger partial charge in [-0.2, -0.15) is 5.10 Å². The summed E-state index contributed by atoms with van der Waals surface area (Å²) in [6.07, 6.45) is 2.71. The number of aromatic nitrogens is 3. The van der Waals surface area contributed by atoms with Gasteiger partial charge in [-0.3, -0.25) is 9.48 Å². The molecule has 0 saturated heterocycles. The Labute approximate surface area is 198 Å². The van der Waals surface area contributed by atoms with Crippen molar-refractivity contribution in [2.75, 3.05) is 18.5 Å². The zero-order valence-electron chi connectivity index (χ0n) is 19.6. The number of amides is 1. The number of hydrogen-bond acceptors (Lipinski definition) is 7. The minimum atomic E-state index is -0.943. The first-order valence-electron chi connectivity index (χ1n) is 11.2. The second-order valence-corrected chi connectivity index (χ2v) is 8.35. The molecule has 0 spiro atoms. The first kappa shape index (κ1) is 25.1. The number of aromatic hydroxyl groups is 1. The summed E-state index contributed by atoms with van der Waals surface area (Å²) in [4.78, 5) is 13.1. The fourth-order valence-corrected chi connectivity index (χ4v) is 3.48. The van der Waals surface area contributed by atoms with Gasteiger partial charge in [0.25, 0.3) is 0 Å². The molecule has 0 bridgehead atoms. The zero-order chi connectivity index (χ0) is 24.7. The summed E-state index contributed by atoms with van der Waals surface area (Å²) >= 11 is 0. The van der Waals surface area contributed by atoms with Crippen LogP contribution in [0.3, 0.4) is 0 Å². The summed E-state index contributed by atoms with van der Waals surface area (Å²) in [5.74, 6) is 1.62. The summed E-state index contributed by atoms with van der Waals surface area (Å²) < 4.78 is 14.3. The molecule has 3 aromatic rings. The van der Waals surface area contributed by atoms with Crippen molar-refractivity contribution >= 4 is 11.7 Å². The molecular formula is C24H32N4O6. The Kier molecular flexibility index (Phi) is 8.55. The van der Waals surface area contributed by atoms with E-state index >= 15 is 0 Å². The lowest BCUT2D eigenvalue weighted by molar-refractivity contribution is -0.119. The van der Waals surface area contributed by atoms with Gasteiger partial charge in [0, 0.05) is 24.4 Å². The van der Waals surface area contributed by atoms with Crippen LogP contribution in [0.15, 0.2) is 48.8 Å². The number of carbonyl (C=O) groups is 1. The van der Waals surface area contributed by atoms with Crippen LogP contribution in [0.5, 0.6) is 23.1 Å². The standard InChI is InChI=1S/C24H32N4O6/c1-4-33-18-6-5-7-19(11-18)34-20-12-23(31)28(14-20)21(10-16(2)3)24(32)25-22-8-9-27(26-22)13-17(30)15-29/h5-9,11-12,14,16-17,21,29-31H,4,10,13,15H2,1-3H3,(H,25,26,32)/t17-,21+/m1/s1. The second-order valence-electron chi connectivity index (χ2n) is 8.35. The topological polar surface area (TPSA) is 131 Å². The third-order valence-electron chi connectivity index (χ3n) is 4.99. The molecule has 4 N–H and O–H groups in total. The molecule has 184 valence electrons. The van der Waals surface area contributed by atoms with Crippen LogP contribution >= 0.6 is 0 Å². The van der Waals surface area contributed by atoms with E-state index in [1.54, 1.807) is 30.6 Å². The zero-order valence-corrected chi connectivity index (χ0v) is 19.6. The number of benzene rings is 1. The van der Waals surface area contributed by atoms with Crippen LogP contribution in [0.4, 0.5) is 5.82 Å². The number of anilines is 1. The highest BCUT2D eigenvalue weighted by Gasteiger charge is 2.25. The van der Waals surface area contributed by atoms with Crippen molar-refractivity contribution in [1.29, 1.82) is 0 Å². The molecule has 10 heteroatoms. The van der Waals surface area contributed by atoms with E-state index in [2.05, 4.69) is 10.4 Å². The molecule has 2 atom stereocenters. The Morgan fingerprint density at radius 1 is 1.18 bits per heavy atom. The van der Waals surface area contributed by atoms with Gasteiger partial charge < -0.3 is 34.7 Å².